The van der Waals surface area contributed by atoms with E-state index in [-0.39, 0.29) is 0 Å². The lowest BCUT2D eigenvalue weighted by molar-refractivity contribution is -0.393. The monoisotopic (exact) mass is 1060 g/mol. The minimum Gasteiger partial charge on any atom is -0.394 e. The Morgan fingerprint density at radius 3 is 1.26 bits per heavy atom. The van der Waals surface area contributed by atoms with Gasteiger partial charge in [-0.1, -0.05) is 0 Å². The van der Waals surface area contributed by atoms with Gasteiger partial charge in [0.05, 0.1) is 39.1 Å². The Balaban J connectivity index is 1.32. The van der Waals surface area contributed by atoms with E-state index in [1.165, 1.54) is 6.92 Å². The fourth-order valence-corrected chi connectivity index (χ4v) is 9.25. The first-order valence-corrected chi connectivity index (χ1v) is 23.0. The number of nitrogens with one attached hydrogen (secondary N) is 2. The van der Waals surface area contributed by atoms with E-state index in [0.29, 0.717) is 0 Å². The maximum absolute atomic E-state index is 12.9. The SMILES string of the molecule is CC(=O)N[C@H]1[C@H](O[C@@H]2[C@@H](O)[C@H](O[C@H]3[C@H](O[C@@H]4O[C@@H](C)[C@@H](O)[C@@H](O)[C@@H]4O)[C@@H](NC(C)=O)[C@H](O[C@H]4[C@@H](O)[C@@H](CO)OC(O)[C@@H]4O)O[C@@H]3CO)O[C@H](CO)[C@H]2O)O[C@H](CO)[C@@H](O[C@@H]2O[C@H](CO)[C@H](O)[C@H](O)[C@H]2O)[C@@H]1O. The van der Waals surface area contributed by atoms with E-state index in [0.717, 1.165) is 13.8 Å². The topological polar surface area (TPSA) is 504 Å². The second-order valence-corrected chi connectivity index (χ2v) is 18.2. The predicted molar refractivity (Wildman–Crippen MR) is 221 cm³/mol. The van der Waals surface area contributed by atoms with Gasteiger partial charge in [-0.05, 0) is 6.92 Å². The zero-order valence-corrected chi connectivity index (χ0v) is 38.8. The summed E-state index contributed by atoms with van der Waals surface area (Å²) in [5, 5.41) is 187. The standard InChI is InChI=1S/C40H68N2O30/c1-9-19(50)24(55)26(57)38(62-9)70-32-18(42-11(3)49)37(71-33-21(52)13(5-44)63-35(61)28(33)59)67-16(8-47)31(32)69-40-29(60)34(22(53)14(6-45)65-40)72-36-17(41-10(2)48)23(54)30(15(7-46)66-36)68-39-27(58)25(56)20(51)12(4-43)64-39/h9,12-40,43-47,50-61H,4-8H2,1-3H3,(H,41,48)(H,42,49)/t9-,12+,13+,14+,15+,16+,17+,18+,19+,20-,21-,22+,23+,24+,25-,26-,27+,28+,29+,30+,31+,32+,33-,34-,35?,36-,37-,38-,39-,40-/m0/s1. The largest absolute Gasteiger partial charge is 0.394 e. The number of hydrogen-bond donors (Lipinski definition) is 19. The third-order valence-corrected chi connectivity index (χ3v) is 13.2. The van der Waals surface area contributed by atoms with Gasteiger partial charge in [-0.2, -0.15) is 0 Å². The lowest BCUT2D eigenvalue weighted by Crippen LogP contribution is -2.71. The molecule has 30 atom stereocenters. The van der Waals surface area contributed by atoms with Gasteiger partial charge in [-0.15, -0.1) is 0 Å². The molecule has 0 aromatic rings. The van der Waals surface area contributed by atoms with Gasteiger partial charge in [0.15, 0.2) is 37.7 Å². The molecule has 6 fully saturated rings. The van der Waals surface area contributed by atoms with Gasteiger partial charge in [-0.3, -0.25) is 9.59 Å². The van der Waals surface area contributed by atoms with E-state index in [2.05, 4.69) is 10.6 Å². The van der Waals surface area contributed by atoms with Gasteiger partial charge in [-0.25, -0.2) is 0 Å². The molecule has 6 heterocycles. The molecular formula is C40H68N2O30. The number of aliphatic hydroxyl groups excluding tert-OH is 17. The minimum atomic E-state index is -2.26. The van der Waals surface area contributed by atoms with E-state index in [9.17, 15) is 96.4 Å². The lowest BCUT2D eigenvalue weighted by atomic mass is 9.93. The summed E-state index contributed by atoms with van der Waals surface area (Å²) in [7, 11) is 0. The van der Waals surface area contributed by atoms with Gasteiger partial charge < -0.3 is 150 Å². The van der Waals surface area contributed by atoms with Crippen LogP contribution in [0.15, 0.2) is 0 Å². The zero-order valence-electron chi connectivity index (χ0n) is 38.8. The smallest absolute Gasteiger partial charge is 0.217 e. The van der Waals surface area contributed by atoms with Crippen LogP contribution in [-0.4, -0.2) is 316 Å². The van der Waals surface area contributed by atoms with Gasteiger partial charge in [0.2, 0.25) is 11.8 Å². The highest BCUT2D eigenvalue weighted by Crippen LogP contribution is 2.38. The molecule has 0 aliphatic carbocycles. The second kappa shape index (κ2) is 25.3. The summed E-state index contributed by atoms with van der Waals surface area (Å²) in [5.74, 6) is -1.70. The molecular weight excluding hydrogens is 988 g/mol. The maximum atomic E-state index is 12.9. The molecule has 19 N–H and O–H groups in total. The Kier molecular flexibility index (Phi) is 20.8. The molecule has 6 rings (SSSR count). The van der Waals surface area contributed by atoms with Crippen molar-refractivity contribution in [1.82, 2.24) is 10.6 Å². The fourth-order valence-electron chi connectivity index (χ4n) is 9.25. The summed E-state index contributed by atoms with van der Waals surface area (Å²) in [6.45, 7) is -1.57. The predicted octanol–water partition coefficient (Wildman–Crippen LogP) is -12.8. The third kappa shape index (κ3) is 12.5. The summed E-state index contributed by atoms with van der Waals surface area (Å²) < 4.78 is 63.7. The van der Waals surface area contributed by atoms with Crippen LogP contribution in [0.4, 0.5) is 0 Å². The van der Waals surface area contributed by atoms with Crippen LogP contribution >= 0.6 is 0 Å². The highest BCUT2D eigenvalue weighted by atomic mass is 16.8. The Morgan fingerprint density at radius 2 is 0.736 bits per heavy atom. The van der Waals surface area contributed by atoms with E-state index in [1.54, 1.807) is 0 Å². The zero-order chi connectivity index (χ0) is 53.2. The van der Waals surface area contributed by atoms with Crippen molar-refractivity contribution < 1.29 is 149 Å². The van der Waals surface area contributed by atoms with Crippen molar-refractivity contribution in [3.63, 3.8) is 0 Å². The van der Waals surface area contributed by atoms with Crippen molar-refractivity contribution in [1.29, 1.82) is 0 Å². The Bertz CT molecular complexity index is 1730. The Labute approximate surface area is 408 Å². The van der Waals surface area contributed by atoms with Gasteiger partial charge in [0.25, 0.3) is 0 Å². The lowest BCUT2D eigenvalue weighted by Gasteiger charge is -2.52. The number of rotatable bonds is 17. The first kappa shape index (κ1) is 59.1. The number of hydrogen-bond acceptors (Lipinski definition) is 30. The highest BCUT2D eigenvalue weighted by molar-refractivity contribution is 5.73. The van der Waals surface area contributed by atoms with Gasteiger partial charge >= 0.3 is 0 Å². The van der Waals surface area contributed by atoms with Crippen LogP contribution in [0.1, 0.15) is 20.8 Å². The molecule has 0 saturated carbocycles. The molecule has 6 saturated heterocycles. The molecule has 0 bridgehead atoms. The average molecular weight is 1060 g/mol. The van der Waals surface area contributed by atoms with Crippen molar-refractivity contribution >= 4 is 11.8 Å². The number of carbonyl (C=O) groups is 2. The molecule has 6 aliphatic rings. The fraction of sp³-hybridized carbons (Fsp3) is 0.950. The van der Waals surface area contributed by atoms with Crippen molar-refractivity contribution in [3.05, 3.63) is 0 Å². The molecule has 2 amide bonds. The van der Waals surface area contributed by atoms with Crippen molar-refractivity contribution in [2.45, 2.75) is 205 Å². The van der Waals surface area contributed by atoms with E-state index in [1.807, 2.05) is 0 Å². The van der Waals surface area contributed by atoms with E-state index >= 15 is 0 Å². The Morgan fingerprint density at radius 1 is 0.361 bits per heavy atom. The van der Waals surface area contributed by atoms with Crippen LogP contribution in [0, 0.1) is 0 Å². The first-order chi connectivity index (χ1) is 34.0. The molecule has 1 unspecified atom stereocenters. The molecule has 32 nitrogen and oxygen atoms in total. The number of ether oxygens (including phenoxy) is 11. The van der Waals surface area contributed by atoms with Crippen LogP contribution in [0.3, 0.4) is 0 Å². The molecule has 72 heavy (non-hydrogen) atoms. The van der Waals surface area contributed by atoms with E-state index in [4.69, 9.17) is 52.1 Å². The summed E-state index contributed by atoms with van der Waals surface area (Å²) in [6.07, 6.45) is -52.5. The van der Waals surface area contributed by atoms with Gasteiger partial charge in [0, 0.05) is 13.8 Å². The summed E-state index contributed by atoms with van der Waals surface area (Å²) in [6, 6.07) is -3.54. The molecule has 0 spiro atoms. The number of carbonyl (C=O) groups excluding carboxylic acids is 2. The molecule has 418 valence electrons. The molecule has 0 aromatic carbocycles. The average Bonchev–Trinajstić information content (AvgIpc) is 3.34. The molecule has 6 aliphatic heterocycles. The number of amides is 2. The van der Waals surface area contributed by atoms with Crippen LogP contribution in [0.25, 0.3) is 0 Å². The summed E-state index contributed by atoms with van der Waals surface area (Å²) in [5.41, 5.74) is 0. The highest BCUT2D eigenvalue weighted by Gasteiger charge is 2.59. The van der Waals surface area contributed by atoms with E-state index < -0.39 is 229 Å². The van der Waals surface area contributed by atoms with Crippen molar-refractivity contribution in [2.24, 2.45) is 0 Å². The maximum Gasteiger partial charge on any atom is 0.217 e. The molecule has 0 aromatic heterocycles. The molecule has 32 heteroatoms. The summed E-state index contributed by atoms with van der Waals surface area (Å²) >= 11 is 0. The summed E-state index contributed by atoms with van der Waals surface area (Å²) in [4.78, 5) is 25.4. The van der Waals surface area contributed by atoms with Crippen molar-refractivity contribution in [2.75, 3.05) is 33.0 Å². The normalized spacial score (nSPS) is 50.3. The minimum absolute atomic E-state index is 0.837. The first-order valence-electron chi connectivity index (χ1n) is 23.0. The van der Waals surface area contributed by atoms with Crippen LogP contribution in [0.5, 0.6) is 0 Å². The van der Waals surface area contributed by atoms with Crippen LogP contribution < -0.4 is 10.6 Å². The van der Waals surface area contributed by atoms with Crippen LogP contribution in [0.2, 0.25) is 0 Å². The molecule has 0 radical (unpaired) electrons. The third-order valence-electron chi connectivity index (χ3n) is 13.2. The van der Waals surface area contributed by atoms with Gasteiger partial charge in [0.1, 0.15) is 140 Å². The quantitative estimate of drug-likeness (QED) is 0.0643. The van der Waals surface area contributed by atoms with Crippen LogP contribution in [-0.2, 0) is 61.7 Å². The number of aliphatic hydroxyl groups is 17. The Hall–Kier alpha value is -2.18. The van der Waals surface area contributed by atoms with Crippen molar-refractivity contribution in [3.8, 4) is 0 Å². The second-order valence-electron chi connectivity index (χ2n) is 18.2.